The molecule has 0 aliphatic carbocycles. The maximum Gasteiger partial charge on any atom is 0.354 e. The summed E-state index contributed by atoms with van der Waals surface area (Å²) in [6.07, 6.45) is 0. The van der Waals surface area contributed by atoms with Crippen molar-refractivity contribution in [2.75, 3.05) is 0 Å². The number of rotatable bonds is 5. The second-order valence-corrected chi connectivity index (χ2v) is 5.05. The van der Waals surface area contributed by atoms with Crippen LogP contribution in [0.25, 0.3) is 0 Å². The molecule has 2 aromatic rings. The summed E-state index contributed by atoms with van der Waals surface area (Å²) in [6.45, 7) is 3.95. The molecule has 2 rings (SSSR count). The van der Waals surface area contributed by atoms with Gasteiger partial charge in [0.15, 0.2) is 0 Å². The Morgan fingerprint density at radius 3 is 2.75 bits per heavy atom. The molecule has 0 saturated carbocycles. The number of carboxylic acids is 1. The normalized spacial score (nSPS) is 10.8. The molecule has 0 aliphatic rings. The molecular weight excluding hydrogens is 280 g/mol. The van der Waals surface area contributed by atoms with Crippen molar-refractivity contribution in [3.63, 3.8) is 0 Å². The topological polar surface area (TPSA) is 64.4 Å². The summed E-state index contributed by atoms with van der Waals surface area (Å²) >= 11 is 5.86. The highest BCUT2D eigenvalue weighted by Gasteiger charge is 2.16. The Morgan fingerprint density at radius 1 is 1.45 bits per heavy atom. The van der Waals surface area contributed by atoms with Crippen molar-refractivity contribution < 1.29 is 14.6 Å². The standard InChI is InChI=1S/C14H15ClN2O3/c1-9(2)17-13(14(18)19)7-11(16-17)8-20-12-5-3-4-10(15)6-12/h3-7,9H,8H2,1-2H3,(H,18,19). The van der Waals surface area contributed by atoms with E-state index in [0.717, 1.165) is 0 Å². The number of hydrogen-bond acceptors (Lipinski definition) is 3. The van der Waals surface area contributed by atoms with Crippen molar-refractivity contribution in [1.82, 2.24) is 9.78 Å². The van der Waals surface area contributed by atoms with Crippen molar-refractivity contribution in [1.29, 1.82) is 0 Å². The number of nitrogens with zero attached hydrogens (tertiary/aromatic N) is 2. The van der Waals surface area contributed by atoms with Crippen molar-refractivity contribution in [2.24, 2.45) is 0 Å². The highest BCUT2D eigenvalue weighted by atomic mass is 35.5. The van der Waals surface area contributed by atoms with E-state index in [9.17, 15) is 4.79 Å². The first-order chi connectivity index (χ1) is 9.47. The molecule has 0 saturated heterocycles. The molecule has 0 fully saturated rings. The highest BCUT2D eigenvalue weighted by Crippen LogP contribution is 2.19. The first-order valence-electron chi connectivity index (χ1n) is 6.17. The molecule has 1 aromatic carbocycles. The third kappa shape index (κ3) is 3.30. The van der Waals surface area contributed by atoms with Gasteiger partial charge in [-0.15, -0.1) is 0 Å². The summed E-state index contributed by atoms with van der Waals surface area (Å²) in [5.41, 5.74) is 0.723. The van der Waals surface area contributed by atoms with Crippen LogP contribution in [0.5, 0.6) is 5.75 Å². The van der Waals surface area contributed by atoms with Crippen LogP contribution in [0.15, 0.2) is 30.3 Å². The summed E-state index contributed by atoms with van der Waals surface area (Å²) in [5, 5.41) is 14.0. The summed E-state index contributed by atoms with van der Waals surface area (Å²) < 4.78 is 7.02. The molecular formula is C14H15ClN2O3. The Kier molecular flexibility index (Phi) is 4.29. The molecule has 106 valence electrons. The molecule has 0 amide bonds. The fraction of sp³-hybridized carbons (Fsp3) is 0.286. The van der Waals surface area contributed by atoms with Gasteiger partial charge in [0.25, 0.3) is 0 Å². The number of carbonyl (C=O) groups is 1. The minimum atomic E-state index is -1.000. The third-order valence-corrected chi connectivity index (χ3v) is 2.91. The lowest BCUT2D eigenvalue weighted by Gasteiger charge is -2.07. The number of halogens is 1. The largest absolute Gasteiger partial charge is 0.487 e. The van der Waals surface area contributed by atoms with Crippen LogP contribution in [0.2, 0.25) is 5.02 Å². The average Bonchev–Trinajstić information content (AvgIpc) is 2.81. The van der Waals surface area contributed by atoms with Crippen LogP contribution in [-0.4, -0.2) is 20.9 Å². The van der Waals surface area contributed by atoms with Gasteiger partial charge in [-0.3, -0.25) is 4.68 Å². The van der Waals surface area contributed by atoms with Crippen LogP contribution in [0.3, 0.4) is 0 Å². The second-order valence-electron chi connectivity index (χ2n) is 4.61. The molecule has 1 aromatic heterocycles. The molecule has 1 N–H and O–H groups in total. The van der Waals surface area contributed by atoms with Gasteiger partial charge in [-0.25, -0.2) is 4.79 Å². The van der Waals surface area contributed by atoms with E-state index >= 15 is 0 Å². The van der Waals surface area contributed by atoms with Gasteiger partial charge in [-0.05, 0) is 38.1 Å². The fourth-order valence-electron chi connectivity index (χ4n) is 1.78. The summed E-state index contributed by atoms with van der Waals surface area (Å²) in [7, 11) is 0. The molecule has 1 heterocycles. The van der Waals surface area contributed by atoms with E-state index in [1.807, 2.05) is 13.8 Å². The van der Waals surface area contributed by atoms with Crippen LogP contribution in [0, 0.1) is 0 Å². The highest BCUT2D eigenvalue weighted by molar-refractivity contribution is 6.30. The first-order valence-corrected chi connectivity index (χ1v) is 6.55. The second kappa shape index (κ2) is 5.96. The van der Waals surface area contributed by atoms with Gasteiger partial charge in [0.05, 0.1) is 0 Å². The van der Waals surface area contributed by atoms with E-state index in [1.54, 1.807) is 24.3 Å². The fourth-order valence-corrected chi connectivity index (χ4v) is 1.96. The van der Waals surface area contributed by atoms with Crippen LogP contribution >= 0.6 is 11.6 Å². The van der Waals surface area contributed by atoms with Crippen LogP contribution in [0.1, 0.15) is 36.1 Å². The molecule has 6 heteroatoms. The van der Waals surface area contributed by atoms with Gasteiger partial charge in [0, 0.05) is 11.1 Å². The maximum atomic E-state index is 11.1. The van der Waals surface area contributed by atoms with E-state index in [-0.39, 0.29) is 18.3 Å². The van der Waals surface area contributed by atoms with Crippen molar-refractivity contribution >= 4 is 17.6 Å². The molecule has 0 unspecified atom stereocenters. The Hall–Kier alpha value is -2.01. The Balaban J connectivity index is 2.14. The molecule has 0 spiro atoms. The molecule has 0 bridgehead atoms. The number of carboxylic acid groups (broad SMARTS) is 1. The number of aromatic carboxylic acids is 1. The molecule has 0 radical (unpaired) electrons. The first kappa shape index (κ1) is 14.4. The number of benzene rings is 1. The lowest BCUT2D eigenvalue weighted by Crippen LogP contribution is -2.12. The maximum absolute atomic E-state index is 11.1. The van der Waals surface area contributed by atoms with Gasteiger partial charge in [0.2, 0.25) is 0 Å². The Labute approximate surface area is 121 Å². The zero-order valence-electron chi connectivity index (χ0n) is 11.2. The molecule has 0 aliphatic heterocycles. The van der Waals surface area contributed by atoms with Gasteiger partial charge in [0.1, 0.15) is 23.7 Å². The van der Waals surface area contributed by atoms with Gasteiger partial charge >= 0.3 is 5.97 Å². The summed E-state index contributed by atoms with van der Waals surface area (Å²) in [4.78, 5) is 11.1. The monoisotopic (exact) mass is 294 g/mol. The average molecular weight is 295 g/mol. The predicted molar refractivity (Wildman–Crippen MR) is 75.4 cm³/mol. The van der Waals surface area contributed by atoms with Crippen molar-refractivity contribution in [3.8, 4) is 5.75 Å². The van der Waals surface area contributed by atoms with Crippen LogP contribution in [-0.2, 0) is 6.61 Å². The lowest BCUT2D eigenvalue weighted by atomic mass is 10.3. The SMILES string of the molecule is CC(C)n1nc(COc2cccc(Cl)c2)cc1C(=O)O. The lowest BCUT2D eigenvalue weighted by molar-refractivity contribution is 0.0681. The Morgan fingerprint density at radius 2 is 2.20 bits per heavy atom. The number of ether oxygens (including phenoxy) is 1. The van der Waals surface area contributed by atoms with E-state index in [2.05, 4.69) is 5.10 Å². The van der Waals surface area contributed by atoms with Crippen LogP contribution < -0.4 is 4.74 Å². The van der Waals surface area contributed by atoms with Gasteiger partial charge < -0.3 is 9.84 Å². The zero-order chi connectivity index (χ0) is 14.7. The molecule has 5 nitrogen and oxygen atoms in total. The van der Waals surface area contributed by atoms with Gasteiger partial charge in [-0.2, -0.15) is 5.10 Å². The van der Waals surface area contributed by atoms with Gasteiger partial charge in [-0.1, -0.05) is 17.7 Å². The Bertz CT molecular complexity index is 623. The van der Waals surface area contributed by atoms with E-state index in [0.29, 0.717) is 16.5 Å². The van der Waals surface area contributed by atoms with E-state index in [1.165, 1.54) is 10.7 Å². The van der Waals surface area contributed by atoms with Crippen LogP contribution in [0.4, 0.5) is 0 Å². The third-order valence-electron chi connectivity index (χ3n) is 2.68. The van der Waals surface area contributed by atoms with Crippen molar-refractivity contribution in [2.45, 2.75) is 26.5 Å². The predicted octanol–water partition coefficient (Wildman–Crippen LogP) is 3.39. The van der Waals surface area contributed by atoms with Crippen molar-refractivity contribution in [3.05, 3.63) is 46.7 Å². The quantitative estimate of drug-likeness (QED) is 0.918. The minimum Gasteiger partial charge on any atom is -0.487 e. The number of aromatic nitrogens is 2. The smallest absolute Gasteiger partial charge is 0.354 e. The van der Waals surface area contributed by atoms with E-state index in [4.69, 9.17) is 21.4 Å². The summed E-state index contributed by atoms with van der Waals surface area (Å²) in [5.74, 6) is -0.381. The molecule has 0 atom stereocenters. The van der Waals surface area contributed by atoms with E-state index < -0.39 is 5.97 Å². The minimum absolute atomic E-state index is 0.0268. The zero-order valence-corrected chi connectivity index (χ0v) is 12.0. The number of hydrogen-bond donors (Lipinski definition) is 1. The summed E-state index contributed by atoms with van der Waals surface area (Å²) in [6, 6.07) is 8.51. The molecule has 20 heavy (non-hydrogen) atoms.